The molecule has 5 heteroatoms. The highest BCUT2D eigenvalue weighted by molar-refractivity contribution is 6.30. The molecule has 114 valence electrons. The molecule has 1 aliphatic heterocycles. The molecule has 0 aliphatic carbocycles. The van der Waals surface area contributed by atoms with Crippen LogP contribution in [0.2, 0.25) is 5.02 Å². The molecule has 1 saturated heterocycles. The molecule has 0 saturated carbocycles. The quantitative estimate of drug-likeness (QED) is 0.912. The van der Waals surface area contributed by atoms with Gasteiger partial charge in [-0.25, -0.2) is 0 Å². The van der Waals surface area contributed by atoms with E-state index in [1.165, 1.54) is 0 Å². The number of aliphatic hydroxyl groups is 1. The van der Waals surface area contributed by atoms with Gasteiger partial charge in [-0.1, -0.05) is 29.8 Å². The zero-order valence-corrected chi connectivity index (χ0v) is 12.8. The number of benzene rings is 2. The number of aliphatic hydroxyl groups excluding tert-OH is 1. The van der Waals surface area contributed by atoms with E-state index in [2.05, 4.69) is 5.32 Å². The first-order valence-electron chi connectivity index (χ1n) is 7.17. The molecular weight excluding hydrogens is 300 g/mol. The number of carbonyl (C=O) groups is 1. The van der Waals surface area contributed by atoms with Crippen LogP contribution in [0.15, 0.2) is 48.5 Å². The van der Waals surface area contributed by atoms with E-state index in [1.807, 2.05) is 42.5 Å². The fourth-order valence-corrected chi connectivity index (χ4v) is 2.50. The first-order chi connectivity index (χ1) is 10.6. The lowest BCUT2D eigenvalue weighted by Gasteiger charge is -2.35. The predicted octanol–water partition coefficient (Wildman–Crippen LogP) is 2.77. The van der Waals surface area contributed by atoms with Crippen LogP contribution in [0.1, 0.15) is 15.9 Å². The molecule has 4 nitrogen and oxygen atoms in total. The Morgan fingerprint density at radius 1 is 1.23 bits per heavy atom. The van der Waals surface area contributed by atoms with Gasteiger partial charge in [-0.3, -0.25) is 4.79 Å². The van der Waals surface area contributed by atoms with Crippen LogP contribution >= 0.6 is 11.6 Å². The third kappa shape index (κ3) is 3.40. The zero-order chi connectivity index (χ0) is 15.5. The van der Waals surface area contributed by atoms with Crippen molar-refractivity contribution in [1.82, 2.24) is 4.90 Å². The summed E-state index contributed by atoms with van der Waals surface area (Å²) in [4.78, 5) is 13.9. The number of likely N-dealkylation sites (tertiary alicyclic amines) is 1. The summed E-state index contributed by atoms with van der Waals surface area (Å²) in [6.45, 7) is 1.50. The van der Waals surface area contributed by atoms with Crippen LogP contribution in [0.25, 0.3) is 0 Å². The van der Waals surface area contributed by atoms with Gasteiger partial charge in [-0.15, -0.1) is 0 Å². The highest BCUT2D eigenvalue weighted by atomic mass is 35.5. The van der Waals surface area contributed by atoms with Crippen LogP contribution < -0.4 is 5.32 Å². The van der Waals surface area contributed by atoms with Crippen molar-refractivity contribution < 1.29 is 9.90 Å². The van der Waals surface area contributed by atoms with E-state index in [0.717, 1.165) is 11.3 Å². The molecule has 3 rings (SSSR count). The molecule has 22 heavy (non-hydrogen) atoms. The van der Waals surface area contributed by atoms with Gasteiger partial charge in [-0.2, -0.15) is 0 Å². The van der Waals surface area contributed by atoms with Gasteiger partial charge < -0.3 is 15.3 Å². The van der Waals surface area contributed by atoms with E-state index in [1.54, 1.807) is 11.0 Å². The summed E-state index contributed by atoms with van der Waals surface area (Å²) in [5, 5.41) is 13.3. The van der Waals surface area contributed by atoms with Gasteiger partial charge >= 0.3 is 0 Å². The van der Waals surface area contributed by atoms with Crippen molar-refractivity contribution in [3.63, 3.8) is 0 Å². The first-order valence-corrected chi connectivity index (χ1v) is 7.55. The second-order valence-corrected chi connectivity index (χ2v) is 5.86. The summed E-state index contributed by atoms with van der Waals surface area (Å²) >= 11 is 5.86. The minimum atomic E-state index is -0.379. The Balaban J connectivity index is 1.63. The number of nitrogens with zero attached hydrogens (tertiary/aromatic N) is 1. The molecule has 2 aromatic rings. The minimum Gasteiger partial charge on any atom is -0.389 e. The van der Waals surface area contributed by atoms with Gasteiger partial charge in [0.15, 0.2) is 0 Å². The number of anilines is 1. The molecule has 1 fully saturated rings. The Kier molecular flexibility index (Phi) is 4.32. The summed E-state index contributed by atoms with van der Waals surface area (Å²) in [7, 11) is 0. The largest absolute Gasteiger partial charge is 0.389 e. The van der Waals surface area contributed by atoms with Crippen LogP contribution in [0.5, 0.6) is 0 Å². The molecule has 1 heterocycles. The number of β-amino-alcohol motifs (C(OH)–C–C–N with tert-alkyl or cyclic N) is 1. The lowest BCUT2D eigenvalue weighted by molar-refractivity contribution is 0.00590. The summed E-state index contributed by atoms with van der Waals surface area (Å²) in [6, 6.07) is 15.0. The maximum Gasteiger partial charge on any atom is 0.254 e. The number of carbonyl (C=O) groups excluding carboxylic acids is 1. The van der Waals surface area contributed by atoms with Gasteiger partial charge in [0.25, 0.3) is 5.91 Å². The number of hydrogen-bond donors (Lipinski definition) is 2. The topological polar surface area (TPSA) is 52.6 Å². The highest BCUT2D eigenvalue weighted by Gasteiger charge is 2.29. The van der Waals surface area contributed by atoms with E-state index >= 15 is 0 Å². The SMILES string of the molecule is O=C(c1cccc(NCc2ccc(Cl)cc2)c1)N1CC(O)C1. The molecule has 1 amide bonds. The van der Waals surface area contributed by atoms with Crippen molar-refractivity contribution in [2.45, 2.75) is 12.6 Å². The average molecular weight is 317 g/mol. The van der Waals surface area contributed by atoms with Gasteiger partial charge in [0.1, 0.15) is 0 Å². The number of nitrogens with one attached hydrogen (secondary N) is 1. The molecular formula is C17H17ClN2O2. The Labute approximate surface area is 134 Å². The van der Waals surface area contributed by atoms with Crippen molar-refractivity contribution >= 4 is 23.2 Å². The number of hydrogen-bond acceptors (Lipinski definition) is 3. The van der Waals surface area contributed by atoms with Crippen LogP contribution in [-0.2, 0) is 6.54 Å². The van der Waals surface area contributed by atoms with Gasteiger partial charge in [0, 0.05) is 35.9 Å². The Bertz CT molecular complexity index is 667. The Morgan fingerprint density at radius 3 is 2.64 bits per heavy atom. The smallest absolute Gasteiger partial charge is 0.254 e. The van der Waals surface area contributed by atoms with Crippen molar-refractivity contribution in [1.29, 1.82) is 0 Å². The van der Waals surface area contributed by atoms with E-state index in [4.69, 9.17) is 11.6 Å². The van der Waals surface area contributed by atoms with Gasteiger partial charge in [-0.05, 0) is 35.9 Å². The third-order valence-corrected chi connectivity index (χ3v) is 3.92. The number of amides is 1. The Morgan fingerprint density at radius 2 is 1.95 bits per heavy atom. The molecule has 0 radical (unpaired) electrons. The van der Waals surface area contributed by atoms with Gasteiger partial charge in [0.05, 0.1) is 6.10 Å². The lowest BCUT2D eigenvalue weighted by atomic mass is 10.1. The highest BCUT2D eigenvalue weighted by Crippen LogP contribution is 2.18. The van der Waals surface area contributed by atoms with Crippen LogP contribution in [0, 0.1) is 0 Å². The first kappa shape index (κ1) is 14.9. The van der Waals surface area contributed by atoms with Crippen molar-refractivity contribution in [2.75, 3.05) is 18.4 Å². The molecule has 0 spiro atoms. The molecule has 2 N–H and O–H groups in total. The van der Waals surface area contributed by atoms with Crippen molar-refractivity contribution in [3.8, 4) is 0 Å². The Hall–Kier alpha value is -2.04. The fourth-order valence-electron chi connectivity index (χ4n) is 2.37. The molecule has 1 aliphatic rings. The molecule has 2 aromatic carbocycles. The zero-order valence-electron chi connectivity index (χ0n) is 12.0. The minimum absolute atomic E-state index is 0.0413. The maximum atomic E-state index is 12.2. The molecule has 0 unspecified atom stereocenters. The normalized spacial score (nSPS) is 14.5. The van der Waals surface area contributed by atoms with E-state index in [-0.39, 0.29) is 12.0 Å². The molecule has 0 bridgehead atoms. The summed E-state index contributed by atoms with van der Waals surface area (Å²) in [6.07, 6.45) is -0.379. The molecule has 0 aromatic heterocycles. The van der Waals surface area contributed by atoms with Crippen molar-refractivity contribution in [2.24, 2.45) is 0 Å². The third-order valence-electron chi connectivity index (χ3n) is 3.67. The van der Waals surface area contributed by atoms with Gasteiger partial charge in [0.2, 0.25) is 0 Å². The lowest BCUT2D eigenvalue weighted by Crippen LogP contribution is -2.53. The number of rotatable bonds is 4. The monoisotopic (exact) mass is 316 g/mol. The van der Waals surface area contributed by atoms with Crippen LogP contribution in [0.3, 0.4) is 0 Å². The van der Waals surface area contributed by atoms with Crippen LogP contribution in [-0.4, -0.2) is 35.1 Å². The second kappa shape index (κ2) is 6.38. The maximum absolute atomic E-state index is 12.2. The van der Waals surface area contributed by atoms with E-state index < -0.39 is 0 Å². The van der Waals surface area contributed by atoms with E-state index in [0.29, 0.717) is 30.2 Å². The standard InChI is InChI=1S/C17H17ClN2O2/c18-14-6-4-12(5-7-14)9-19-15-3-1-2-13(8-15)17(22)20-10-16(21)11-20/h1-8,16,19,21H,9-11H2. The van der Waals surface area contributed by atoms with E-state index in [9.17, 15) is 9.90 Å². The molecule has 0 atom stereocenters. The van der Waals surface area contributed by atoms with Crippen molar-refractivity contribution in [3.05, 3.63) is 64.7 Å². The number of halogens is 1. The summed E-state index contributed by atoms with van der Waals surface area (Å²) < 4.78 is 0. The summed E-state index contributed by atoms with van der Waals surface area (Å²) in [5.41, 5.74) is 2.64. The second-order valence-electron chi connectivity index (χ2n) is 5.42. The summed E-state index contributed by atoms with van der Waals surface area (Å²) in [5.74, 6) is -0.0413. The average Bonchev–Trinajstić information content (AvgIpc) is 2.51. The predicted molar refractivity (Wildman–Crippen MR) is 87.1 cm³/mol. The van der Waals surface area contributed by atoms with Crippen LogP contribution in [0.4, 0.5) is 5.69 Å². The fraction of sp³-hybridized carbons (Fsp3) is 0.235.